The molecule has 1 amide bonds. The number of amides is 1. The number of rotatable bonds is 3. The monoisotopic (exact) mass is 408 g/mol. The predicted molar refractivity (Wildman–Crippen MR) is 114 cm³/mol. The van der Waals surface area contributed by atoms with Crippen LogP contribution < -0.4 is 4.90 Å². The van der Waals surface area contributed by atoms with Gasteiger partial charge in [-0.25, -0.2) is 14.8 Å². The highest BCUT2D eigenvalue weighted by Crippen LogP contribution is 2.34. The van der Waals surface area contributed by atoms with Crippen LogP contribution in [0.15, 0.2) is 24.3 Å². The predicted octanol–water partition coefficient (Wildman–Crippen LogP) is 3.28. The first kappa shape index (κ1) is 20.3. The number of hydrogen-bond donors (Lipinski definition) is 0. The molecule has 7 nitrogen and oxygen atoms in total. The largest absolute Gasteiger partial charge is 0.450 e. The Morgan fingerprint density at radius 2 is 1.77 bits per heavy atom. The van der Waals surface area contributed by atoms with Gasteiger partial charge in [-0.3, -0.25) is 4.79 Å². The van der Waals surface area contributed by atoms with Crippen LogP contribution in [0.3, 0.4) is 0 Å². The van der Waals surface area contributed by atoms with Crippen molar-refractivity contribution in [1.82, 2.24) is 14.9 Å². The number of aromatic nitrogens is 2. The van der Waals surface area contributed by atoms with Gasteiger partial charge in [0, 0.05) is 32.6 Å². The molecule has 1 fully saturated rings. The molecule has 2 aliphatic rings. The van der Waals surface area contributed by atoms with E-state index in [9.17, 15) is 9.59 Å². The molecule has 158 valence electrons. The number of Topliss-reactive ketones (excluding diaryl/α,β-unsaturated/α-hetero) is 1. The zero-order valence-corrected chi connectivity index (χ0v) is 17.9. The highest BCUT2D eigenvalue weighted by molar-refractivity contribution is 5.99. The van der Waals surface area contributed by atoms with Gasteiger partial charge in [0.15, 0.2) is 5.78 Å². The second-order valence-corrected chi connectivity index (χ2v) is 8.04. The molecule has 1 aromatic carbocycles. The Hall–Kier alpha value is -2.96. The van der Waals surface area contributed by atoms with E-state index in [4.69, 9.17) is 9.72 Å². The van der Waals surface area contributed by atoms with Crippen LogP contribution in [0.1, 0.15) is 52.1 Å². The number of aryl methyl sites for hydroxylation is 2. The first-order valence-electron chi connectivity index (χ1n) is 10.6. The van der Waals surface area contributed by atoms with E-state index >= 15 is 0 Å². The van der Waals surface area contributed by atoms with E-state index in [-0.39, 0.29) is 17.8 Å². The molecule has 1 aliphatic heterocycles. The van der Waals surface area contributed by atoms with Crippen LogP contribution in [0.25, 0.3) is 0 Å². The fourth-order valence-electron chi connectivity index (χ4n) is 4.28. The van der Waals surface area contributed by atoms with E-state index < -0.39 is 0 Å². The van der Waals surface area contributed by atoms with Gasteiger partial charge in [0.05, 0.1) is 23.6 Å². The second kappa shape index (κ2) is 8.42. The average Bonchev–Trinajstić information content (AvgIpc) is 2.74. The summed E-state index contributed by atoms with van der Waals surface area (Å²) in [5.74, 6) is 0.915. The maximum absolute atomic E-state index is 12.9. The molecule has 2 heterocycles. The fourth-order valence-corrected chi connectivity index (χ4v) is 4.28. The maximum Gasteiger partial charge on any atom is 0.409 e. The number of benzene rings is 1. The quantitative estimate of drug-likeness (QED) is 0.776. The van der Waals surface area contributed by atoms with Crippen molar-refractivity contribution in [3.63, 3.8) is 0 Å². The number of carbonyl (C=O) groups is 2. The summed E-state index contributed by atoms with van der Waals surface area (Å²) in [6.07, 6.45) is 0.965. The van der Waals surface area contributed by atoms with E-state index in [1.165, 1.54) is 11.1 Å². The Morgan fingerprint density at radius 3 is 2.43 bits per heavy atom. The zero-order valence-electron chi connectivity index (χ0n) is 17.9. The molecule has 4 rings (SSSR count). The number of hydrogen-bond acceptors (Lipinski definition) is 6. The minimum Gasteiger partial charge on any atom is -0.450 e. The SMILES string of the molecule is CCOC(=O)N1CCN(c2nc(C)c3c(n2)C[C@H](c2ccc(C)cc2)CC3=O)CC1. The summed E-state index contributed by atoms with van der Waals surface area (Å²) in [7, 11) is 0. The van der Waals surface area contributed by atoms with Crippen LogP contribution in [0.5, 0.6) is 0 Å². The van der Waals surface area contributed by atoms with Crippen LogP contribution in [0.4, 0.5) is 10.7 Å². The lowest BCUT2D eigenvalue weighted by molar-refractivity contribution is 0.0960. The van der Waals surface area contributed by atoms with Gasteiger partial charge in [-0.05, 0) is 38.7 Å². The van der Waals surface area contributed by atoms with Crippen molar-refractivity contribution in [2.24, 2.45) is 0 Å². The van der Waals surface area contributed by atoms with Crippen molar-refractivity contribution >= 4 is 17.8 Å². The Kier molecular flexibility index (Phi) is 5.70. The number of ether oxygens (including phenoxy) is 1. The van der Waals surface area contributed by atoms with Gasteiger partial charge in [0.1, 0.15) is 0 Å². The molecule has 2 aromatic rings. The molecule has 1 aromatic heterocycles. The molecular formula is C23H28N4O3. The van der Waals surface area contributed by atoms with E-state index in [0.29, 0.717) is 50.7 Å². The van der Waals surface area contributed by atoms with Crippen molar-refractivity contribution in [3.8, 4) is 0 Å². The van der Waals surface area contributed by atoms with Crippen molar-refractivity contribution in [2.75, 3.05) is 37.7 Å². The number of fused-ring (bicyclic) bond motifs is 1. The smallest absolute Gasteiger partial charge is 0.409 e. The molecular weight excluding hydrogens is 380 g/mol. The molecule has 30 heavy (non-hydrogen) atoms. The van der Waals surface area contributed by atoms with Gasteiger partial charge >= 0.3 is 6.09 Å². The summed E-state index contributed by atoms with van der Waals surface area (Å²) in [5, 5.41) is 0. The molecule has 1 saturated heterocycles. The van der Waals surface area contributed by atoms with E-state index in [0.717, 1.165) is 17.8 Å². The van der Waals surface area contributed by atoms with Gasteiger partial charge in [0.2, 0.25) is 5.95 Å². The van der Waals surface area contributed by atoms with Crippen molar-refractivity contribution in [3.05, 3.63) is 52.3 Å². The van der Waals surface area contributed by atoms with Gasteiger partial charge in [-0.2, -0.15) is 0 Å². The topological polar surface area (TPSA) is 75.6 Å². The zero-order chi connectivity index (χ0) is 21.3. The number of anilines is 1. The molecule has 7 heteroatoms. The van der Waals surface area contributed by atoms with Crippen LogP contribution in [-0.4, -0.2) is 59.5 Å². The summed E-state index contributed by atoms with van der Waals surface area (Å²) in [4.78, 5) is 38.0. The third-order valence-corrected chi connectivity index (χ3v) is 5.94. The minimum absolute atomic E-state index is 0.123. The molecule has 0 bridgehead atoms. The minimum atomic E-state index is -0.272. The molecule has 0 saturated carbocycles. The Bertz CT molecular complexity index is 950. The lowest BCUT2D eigenvalue weighted by atomic mass is 9.81. The first-order chi connectivity index (χ1) is 14.5. The van der Waals surface area contributed by atoms with Crippen LogP contribution in [-0.2, 0) is 11.2 Å². The second-order valence-electron chi connectivity index (χ2n) is 8.04. The molecule has 0 unspecified atom stereocenters. The fraction of sp³-hybridized carbons (Fsp3) is 0.478. The molecule has 0 N–H and O–H groups in total. The maximum atomic E-state index is 12.9. The Morgan fingerprint density at radius 1 is 1.07 bits per heavy atom. The van der Waals surface area contributed by atoms with E-state index in [1.807, 2.05) is 13.8 Å². The van der Waals surface area contributed by atoms with Crippen molar-refractivity contribution in [2.45, 2.75) is 39.5 Å². The Labute approximate surface area is 177 Å². The van der Waals surface area contributed by atoms with E-state index in [2.05, 4.69) is 41.1 Å². The Balaban J connectivity index is 1.54. The number of ketones is 1. The molecule has 0 radical (unpaired) electrons. The first-order valence-corrected chi connectivity index (χ1v) is 10.6. The molecule has 0 spiro atoms. The normalized spacial score (nSPS) is 18.9. The van der Waals surface area contributed by atoms with Crippen molar-refractivity contribution in [1.29, 1.82) is 0 Å². The highest BCUT2D eigenvalue weighted by Gasteiger charge is 2.31. The van der Waals surface area contributed by atoms with Crippen LogP contribution in [0, 0.1) is 13.8 Å². The summed E-state index contributed by atoms with van der Waals surface area (Å²) in [6, 6.07) is 8.41. The third kappa shape index (κ3) is 4.01. The van der Waals surface area contributed by atoms with Crippen LogP contribution >= 0.6 is 0 Å². The molecule has 1 aliphatic carbocycles. The van der Waals surface area contributed by atoms with Gasteiger partial charge in [-0.15, -0.1) is 0 Å². The highest BCUT2D eigenvalue weighted by atomic mass is 16.6. The van der Waals surface area contributed by atoms with Crippen LogP contribution in [0.2, 0.25) is 0 Å². The summed E-state index contributed by atoms with van der Waals surface area (Å²) < 4.78 is 5.09. The lowest BCUT2D eigenvalue weighted by Gasteiger charge is -2.34. The third-order valence-electron chi connectivity index (χ3n) is 5.94. The van der Waals surface area contributed by atoms with Gasteiger partial charge < -0.3 is 14.5 Å². The summed E-state index contributed by atoms with van der Waals surface area (Å²) in [5.41, 5.74) is 4.67. The van der Waals surface area contributed by atoms with Crippen molar-refractivity contribution < 1.29 is 14.3 Å². The average molecular weight is 409 g/mol. The number of nitrogens with zero attached hydrogens (tertiary/aromatic N) is 4. The lowest BCUT2D eigenvalue weighted by Crippen LogP contribution is -2.49. The standard InChI is InChI=1S/C23H28N4O3/c1-4-30-23(29)27-11-9-26(10-12-27)22-24-16(3)21-19(25-22)13-18(14-20(21)28)17-7-5-15(2)6-8-17/h5-8,18H,4,9-14H2,1-3H3/t18-/m0/s1. The molecule has 1 atom stereocenters. The summed E-state index contributed by atoms with van der Waals surface area (Å²) in [6.45, 7) is 8.58. The summed E-state index contributed by atoms with van der Waals surface area (Å²) >= 11 is 0. The van der Waals surface area contributed by atoms with E-state index in [1.54, 1.807) is 4.90 Å². The number of piperazine rings is 1. The van der Waals surface area contributed by atoms with Gasteiger partial charge in [-0.1, -0.05) is 29.8 Å². The number of carbonyl (C=O) groups excluding carboxylic acids is 2. The van der Waals surface area contributed by atoms with Gasteiger partial charge in [0.25, 0.3) is 0 Å².